The monoisotopic (exact) mass is 396 g/mol. The molecule has 2 fully saturated rings. The third-order valence-corrected chi connectivity index (χ3v) is 5.76. The molecule has 2 saturated heterocycles. The summed E-state index contributed by atoms with van der Waals surface area (Å²) in [7, 11) is 0. The minimum atomic E-state index is -0.172. The van der Waals surface area contributed by atoms with Gasteiger partial charge in [-0.3, -0.25) is 14.6 Å². The first-order valence-electron chi connectivity index (χ1n) is 10.5. The van der Waals surface area contributed by atoms with Gasteiger partial charge in [-0.2, -0.15) is 5.26 Å². The SMILES string of the molecule is N#C/C(=C/NC1CCN(Cc2ccccc2)CC1)C(=O)N1CCN(CCN)CC1. The number of nitrogens with two attached hydrogens (primary N) is 1. The van der Waals surface area contributed by atoms with Crippen LogP contribution in [-0.4, -0.2) is 79.0 Å². The van der Waals surface area contributed by atoms with Crippen LogP contribution in [0.5, 0.6) is 0 Å². The van der Waals surface area contributed by atoms with Gasteiger partial charge in [-0.25, -0.2) is 0 Å². The zero-order chi connectivity index (χ0) is 20.5. The summed E-state index contributed by atoms with van der Waals surface area (Å²) in [6.07, 6.45) is 3.65. The van der Waals surface area contributed by atoms with Crippen LogP contribution in [0.25, 0.3) is 0 Å². The lowest BCUT2D eigenvalue weighted by molar-refractivity contribution is -0.128. The van der Waals surface area contributed by atoms with Gasteiger partial charge in [0.15, 0.2) is 0 Å². The van der Waals surface area contributed by atoms with E-state index in [1.807, 2.05) is 6.07 Å². The fourth-order valence-electron chi connectivity index (χ4n) is 3.97. The fraction of sp³-hybridized carbons (Fsp3) is 0.545. The van der Waals surface area contributed by atoms with Crippen molar-refractivity contribution in [3.63, 3.8) is 0 Å². The Morgan fingerprint density at radius 3 is 2.41 bits per heavy atom. The maximum Gasteiger partial charge on any atom is 0.266 e. The molecule has 7 nitrogen and oxygen atoms in total. The van der Waals surface area contributed by atoms with Crippen molar-refractivity contribution in [2.75, 3.05) is 52.4 Å². The highest BCUT2D eigenvalue weighted by Crippen LogP contribution is 2.14. The van der Waals surface area contributed by atoms with Crippen molar-refractivity contribution in [3.05, 3.63) is 47.7 Å². The number of amides is 1. The quantitative estimate of drug-likeness (QED) is 0.522. The van der Waals surface area contributed by atoms with Crippen molar-refractivity contribution < 1.29 is 4.79 Å². The summed E-state index contributed by atoms with van der Waals surface area (Å²) in [6, 6.07) is 12.9. The molecule has 2 heterocycles. The molecular weight excluding hydrogens is 364 g/mol. The number of carbonyl (C=O) groups is 1. The maximum atomic E-state index is 12.7. The Labute approximate surface area is 173 Å². The largest absolute Gasteiger partial charge is 0.387 e. The predicted molar refractivity (Wildman–Crippen MR) is 114 cm³/mol. The van der Waals surface area contributed by atoms with Crippen molar-refractivity contribution in [1.29, 1.82) is 5.26 Å². The van der Waals surface area contributed by atoms with Crippen molar-refractivity contribution in [1.82, 2.24) is 20.0 Å². The highest BCUT2D eigenvalue weighted by Gasteiger charge is 2.24. The van der Waals surface area contributed by atoms with Crippen molar-refractivity contribution in [3.8, 4) is 6.07 Å². The van der Waals surface area contributed by atoms with Crippen LogP contribution in [0.1, 0.15) is 18.4 Å². The van der Waals surface area contributed by atoms with E-state index in [1.54, 1.807) is 11.1 Å². The lowest BCUT2D eigenvalue weighted by atomic mass is 10.0. The summed E-state index contributed by atoms with van der Waals surface area (Å²) in [6.45, 7) is 7.41. The van der Waals surface area contributed by atoms with Gasteiger partial charge in [-0.05, 0) is 18.4 Å². The average molecular weight is 397 g/mol. The lowest BCUT2D eigenvalue weighted by Gasteiger charge is -2.34. The van der Waals surface area contributed by atoms with Gasteiger partial charge in [-0.1, -0.05) is 30.3 Å². The second-order valence-corrected chi connectivity index (χ2v) is 7.80. The topological polar surface area (TPSA) is 88.6 Å². The molecule has 2 aliphatic heterocycles. The molecule has 156 valence electrons. The van der Waals surface area contributed by atoms with E-state index < -0.39 is 0 Å². The van der Waals surface area contributed by atoms with Gasteiger partial charge in [0.1, 0.15) is 11.6 Å². The number of hydrogen-bond donors (Lipinski definition) is 2. The first-order valence-corrected chi connectivity index (χ1v) is 10.5. The number of hydrogen-bond acceptors (Lipinski definition) is 6. The molecule has 7 heteroatoms. The molecule has 1 aromatic rings. The van der Waals surface area contributed by atoms with Gasteiger partial charge in [-0.15, -0.1) is 0 Å². The van der Waals surface area contributed by atoms with E-state index in [2.05, 4.69) is 45.5 Å². The van der Waals surface area contributed by atoms with Crippen LogP contribution < -0.4 is 11.1 Å². The molecule has 3 N–H and O–H groups in total. The Kier molecular flexibility index (Phi) is 8.05. The first kappa shape index (κ1) is 21.3. The highest BCUT2D eigenvalue weighted by atomic mass is 16.2. The minimum absolute atomic E-state index is 0.172. The first-order chi connectivity index (χ1) is 14.2. The maximum absolute atomic E-state index is 12.7. The molecule has 0 aromatic heterocycles. The van der Waals surface area contributed by atoms with Crippen molar-refractivity contribution in [2.24, 2.45) is 5.73 Å². The Bertz CT molecular complexity index is 713. The molecule has 0 bridgehead atoms. The average Bonchev–Trinajstić information content (AvgIpc) is 2.76. The van der Waals surface area contributed by atoms with Crippen LogP contribution in [0.3, 0.4) is 0 Å². The normalized spacial score (nSPS) is 19.7. The van der Waals surface area contributed by atoms with Gasteiger partial charge in [0.25, 0.3) is 5.91 Å². The number of rotatable bonds is 7. The van der Waals surface area contributed by atoms with E-state index in [1.165, 1.54) is 5.56 Å². The number of carbonyl (C=O) groups excluding carboxylic acids is 1. The zero-order valence-corrected chi connectivity index (χ0v) is 17.1. The molecule has 0 unspecified atom stereocenters. The molecule has 3 rings (SSSR count). The molecule has 0 aliphatic carbocycles. The van der Waals surface area contributed by atoms with E-state index in [9.17, 15) is 10.1 Å². The van der Waals surface area contributed by atoms with Gasteiger partial charge in [0, 0.05) is 71.1 Å². The van der Waals surface area contributed by atoms with Gasteiger partial charge >= 0.3 is 0 Å². The second-order valence-electron chi connectivity index (χ2n) is 7.80. The van der Waals surface area contributed by atoms with Crippen molar-refractivity contribution >= 4 is 5.91 Å². The van der Waals surface area contributed by atoms with Crippen LogP contribution in [0.2, 0.25) is 0 Å². The van der Waals surface area contributed by atoms with E-state index in [4.69, 9.17) is 5.73 Å². The molecule has 29 heavy (non-hydrogen) atoms. The van der Waals surface area contributed by atoms with E-state index >= 15 is 0 Å². The molecular formula is C22H32N6O. The van der Waals surface area contributed by atoms with E-state index in [0.717, 1.165) is 52.1 Å². The number of piperidine rings is 1. The zero-order valence-electron chi connectivity index (χ0n) is 17.1. The summed E-state index contributed by atoms with van der Waals surface area (Å²) in [5.41, 5.74) is 7.13. The van der Waals surface area contributed by atoms with Crippen LogP contribution in [0.4, 0.5) is 0 Å². The van der Waals surface area contributed by atoms with Crippen LogP contribution >= 0.6 is 0 Å². The van der Waals surface area contributed by atoms with Gasteiger partial charge in [0.05, 0.1) is 0 Å². The summed E-state index contributed by atoms with van der Waals surface area (Å²) in [4.78, 5) is 19.1. The molecule has 2 aliphatic rings. The van der Waals surface area contributed by atoms with Crippen LogP contribution in [0, 0.1) is 11.3 Å². The number of likely N-dealkylation sites (tertiary alicyclic amines) is 1. The number of piperazine rings is 1. The molecule has 1 aromatic carbocycles. The molecule has 1 amide bonds. The molecule has 0 saturated carbocycles. The highest BCUT2D eigenvalue weighted by molar-refractivity contribution is 5.97. The second kappa shape index (κ2) is 11.0. The number of benzene rings is 1. The van der Waals surface area contributed by atoms with E-state index in [-0.39, 0.29) is 11.5 Å². The standard InChI is InChI=1S/C22H32N6O/c23-8-11-26-12-14-28(15-13-26)22(29)20(16-24)17-25-21-6-9-27(10-7-21)18-19-4-2-1-3-5-19/h1-5,17,21,25H,6-15,18,23H2/b20-17-. The van der Waals surface area contributed by atoms with Gasteiger partial charge < -0.3 is 16.0 Å². The smallest absolute Gasteiger partial charge is 0.266 e. The Hall–Kier alpha value is -2.40. The summed E-state index contributed by atoms with van der Waals surface area (Å²) in [5.74, 6) is -0.172. The third-order valence-electron chi connectivity index (χ3n) is 5.76. The molecule has 0 spiro atoms. The number of nitrogens with one attached hydrogen (secondary N) is 1. The minimum Gasteiger partial charge on any atom is -0.387 e. The predicted octanol–water partition coefficient (Wildman–Crippen LogP) is 0.751. The van der Waals surface area contributed by atoms with E-state index in [0.29, 0.717) is 25.7 Å². The third kappa shape index (κ3) is 6.29. The Morgan fingerprint density at radius 2 is 1.79 bits per heavy atom. The number of nitrogens with zero attached hydrogens (tertiary/aromatic N) is 4. The fourth-order valence-corrected chi connectivity index (χ4v) is 3.97. The summed E-state index contributed by atoms with van der Waals surface area (Å²) >= 11 is 0. The van der Waals surface area contributed by atoms with Crippen LogP contribution in [0.15, 0.2) is 42.1 Å². The number of nitriles is 1. The lowest BCUT2D eigenvalue weighted by Crippen LogP contribution is -2.50. The van der Waals surface area contributed by atoms with Crippen LogP contribution in [-0.2, 0) is 11.3 Å². The summed E-state index contributed by atoms with van der Waals surface area (Å²) < 4.78 is 0. The van der Waals surface area contributed by atoms with Gasteiger partial charge in [0.2, 0.25) is 0 Å². The molecule has 0 radical (unpaired) electrons. The Balaban J connectivity index is 1.44. The van der Waals surface area contributed by atoms with Crippen molar-refractivity contribution in [2.45, 2.75) is 25.4 Å². The summed E-state index contributed by atoms with van der Waals surface area (Å²) in [5, 5.41) is 12.8. The Morgan fingerprint density at radius 1 is 1.10 bits per heavy atom. The molecule has 0 atom stereocenters.